The van der Waals surface area contributed by atoms with Crippen LogP contribution >= 0.6 is 22.9 Å². The first-order chi connectivity index (χ1) is 21.1. The van der Waals surface area contributed by atoms with Crippen molar-refractivity contribution in [3.05, 3.63) is 91.2 Å². The Hall–Kier alpha value is -3.79. The minimum atomic E-state index is -1.14. The van der Waals surface area contributed by atoms with E-state index < -0.39 is 5.97 Å². The van der Waals surface area contributed by atoms with Gasteiger partial charge >= 0.3 is 5.97 Å². The maximum Gasteiger partial charge on any atom is 0.348 e. The number of halogens is 1. The van der Waals surface area contributed by atoms with Crippen LogP contribution in [-0.4, -0.2) is 57.6 Å². The molecule has 1 aliphatic heterocycles. The summed E-state index contributed by atoms with van der Waals surface area (Å²) in [6, 6.07) is 14.5. The molecule has 2 aromatic heterocycles. The first-order valence-corrected chi connectivity index (χ1v) is 16.2. The summed E-state index contributed by atoms with van der Waals surface area (Å²) in [5, 5.41) is 14.2. The Morgan fingerprint density at radius 1 is 1.05 bits per heavy atom. The molecule has 0 unspecified atom stereocenters. The zero-order valence-corrected chi connectivity index (χ0v) is 27.0. The minimum Gasteiger partial charge on any atom is -0.477 e. The lowest BCUT2D eigenvalue weighted by Gasteiger charge is -2.30. The molecule has 10 heteroatoms. The predicted octanol–water partition coefficient (Wildman–Crippen LogP) is 6.35. The molecule has 44 heavy (non-hydrogen) atoms. The number of carbonyl (C=O) groups excluding carboxylic acids is 1. The number of aromatic carboxylic acids is 1. The van der Waals surface area contributed by atoms with E-state index in [2.05, 4.69) is 33.0 Å². The Morgan fingerprint density at radius 2 is 1.68 bits per heavy atom. The van der Waals surface area contributed by atoms with Crippen molar-refractivity contribution in [2.75, 3.05) is 26.2 Å². The number of hydrogen-bond acceptors (Lipinski definition) is 6. The van der Waals surface area contributed by atoms with Gasteiger partial charge < -0.3 is 15.3 Å². The van der Waals surface area contributed by atoms with Gasteiger partial charge in [0.05, 0.1) is 22.5 Å². The fourth-order valence-electron chi connectivity index (χ4n) is 5.74. The molecule has 0 radical (unpaired) electrons. The smallest absolute Gasteiger partial charge is 0.348 e. The summed E-state index contributed by atoms with van der Waals surface area (Å²) in [6.45, 7) is 10.8. The van der Waals surface area contributed by atoms with Gasteiger partial charge in [-0.05, 0) is 54.5 Å². The van der Waals surface area contributed by atoms with Gasteiger partial charge in [0, 0.05) is 42.5 Å². The second-order valence-corrected chi connectivity index (χ2v) is 12.8. The molecule has 0 atom stereocenters. The summed E-state index contributed by atoms with van der Waals surface area (Å²) in [7, 11) is 0. The Labute approximate surface area is 266 Å². The lowest BCUT2D eigenvalue weighted by molar-refractivity contribution is 0.0700. The first kappa shape index (κ1) is 31.6. The zero-order chi connectivity index (χ0) is 31.5. The van der Waals surface area contributed by atoms with Crippen LogP contribution in [0.3, 0.4) is 0 Å². The van der Waals surface area contributed by atoms with Crippen LogP contribution in [0, 0.1) is 5.92 Å². The van der Waals surface area contributed by atoms with Gasteiger partial charge in [0.2, 0.25) is 0 Å². The third-order valence-electron chi connectivity index (χ3n) is 7.90. The van der Waals surface area contributed by atoms with Crippen molar-refractivity contribution in [2.24, 2.45) is 5.92 Å². The molecule has 1 fully saturated rings. The van der Waals surface area contributed by atoms with E-state index in [1.807, 2.05) is 23.1 Å². The van der Waals surface area contributed by atoms with Gasteiger partial charge in [0.15, 0.2) is 0 Å². The van der Waals surface area contributed by atoms with Crippen molar-refractivity contribution in [1.29, 1.82) is 0 Å². The lowest BCUT2D eigenvalue weighted by Crippen LogP contribution is -2.47. The third kappa shape index (κ3) is 6.22. The number of nitrogens with one attached hydrogen (secondary N) is 1. The maximum atomic E-state index is 14.8. The van der Waals surface area contributed by atoms with Gasteiger partial charge in [0.1, 0.15) is 9.88 Å². The Morgan fingerprint density at radius 3 is 2.25 bits per heavy atom. The van der Waals surface area contributed by atoms with E-state index in [1.165, 1.54) is 0 Å². The molecule has 5 rings (SSSR count). The van der Waals surface area contributed by atoms with Crippen LogP contribution in [0.1, 0.15) is 64.5 Å². The minimum absolute atomic E-state index is 0.0118. The van der Waals surface area contributed by atoms with Crippen molar-refractivity contribution < 1.29 is 14.7 Å². The SMILES string of the molecule is CCc1cccc(CC)c1-n1c(CC(C)C)c(C(=O)N2CCNCC2)cc(-c2nc(-c3ccc(Cl)cc3)c(C(=O)O)s2)c1=O. The van der Waals surface area contributed by atoms with E-state index in [0.717, 1.165) is 28.2 Å². The van der Waals surface area contributed by atoms with Crippen LogP contribution in [0.15, 0.2) is 53.3 Å². The monoisotopic (exact) mass is 632 g/mol. The molecule has 230 valence electrons. The second kappa shape index (κ2) is 13.5. The molecule has 1 aliphatic rings. The van der Waals surface area contributed by atoms with Gasteiger partial charge in [-0.2, -0.15) is 0 Å². The van der Waals surface area contributed by atoms with Gasteiger partial charge in [-0.25, -0.2) is 9.78 Å². The van der Waals surface area contributed by atoms with Gasteiger partial charge in [-0.3, -0.25) is 14.2 Å². The van der Waals surface area contributed by atoms with Gasteiger partial charge in [0.25, 0.3) is 11.5 Å². The highest BCUT2D eigenvalue weighted by Crippen LogP contribution is 2.35. The number of nitrogens with zero attached hydrogens (tertiary/aromatic N) is 3. The number of hydrogen-bond donors (Lipinski definition) is 2. The average Bonchev–Trinajstić information content (AvgIpc) is 3.47. The van der Waals surface area contributed by atoms with E-state index >= 15 is 0 Å². The first-order valence-electron chi connectivity index (χ1n) is 15.0. The fraction of sp³-hybridized carbons (Fsp3) is 0.353. The average molecular weight is 633 g/mol. The van der Waals surface area contributed by atoms with Crippen molar-refractivity contribution in [1.82, 2.24) is 19.8 Å². The van der Waals surface area contributed by atoms with Crippen molar-refractivity contribution in [3.8, 4) is 27.5 Å². The molecule has 0 bridgehead atoms. The van der Waals surface area contributed by atoms with E-state index in [0.29, 0.717) is 67.3 Å². The number of para-hydroxylation sites is 1. The van der Waals surface area contributed by atoms with Gasteiger partial charge in [-0.1, -0.05) is 69.6 Å². The van der Waals surface area contributed by atoms with E-state index in [1.54, 1.807) is 34.9 Å². The number of benzene rings is 2. The van der Waals surface area contributed by atoms with Crippen LogP contribution in [-0.2, 0) is 19.3 Å². The summed E-state index contributed by atoms with van der Waals surface area (Å²) < 4.78 is 1.73. The number of aryl methyl sites for hydroxylation is 2. The number of thiazole rings is 1. The Bertz CT molecular complexity index is 1730. The molecule has 2 N–H and O–H groups in total. The van der Waals surface area contributed by atoms with Crippen molar-refractivity contribution in [3.63, 3.8) is 0 Å². The number of pyridine rings is 1. The highest BCUT2D eigenvalue weighted by Gasteiger charge is 2.29. The fourth-order valence-corrected chi connectivity index (χ4v) is 6.80. The number of carbonyl (C=O) groups is 2. The van der Waals surface area contributed by atoms with E-state index in [9.17, 15) is 19.5 Å². The predicted molar refractivity (Wildman–Crippen MR) is 177 cm³/mol. The van der Waals surface area contributed by atoms with Crippen LogP contribution in [0.25, 0.3) is 27.5 Å². The Kier molecular flexibility index (Phi) is 9.68. The topological polar surface area (TPSA) is 105 Å². The van der Waals surface area contributed by atoms with Crippen LogP contribution in [0.5, 0.6) is 0 Å². The molecule has 1 saturated heterocycles. The quantitative estimate of drug-likeness (QED) is 0.223. The highest BCUT2D eigenvalue weighted by atomic mass is 35.5. The molecular formula is C34H37ClN4O4S. The van der Waals surface area contributed by atoms with E-state index in [4.69, 9.17) is 16.6 Å². The van der Waals surface area contributed by atoms with Crippen LogP contribution < -0.4 is 10.9 Å². The summed E-state index contributed by atoms with van der Waals surface area (Å²) >= 11 is 7.03. The number of rotatable bonds is 9. The maximum absolute atomic E-state index is 14.8. The Balaban J connectivity index is 1.86. The van der Waals surface area contributed by atoms with Gasteiger partial charge in [-0.15, -0.1) is 11.3 Å². The number of amides is 1. The normalized spacial score (nSPS) is 13.5. The molecule has 2 aromatic carbocycles. The third-order valence-corrected chi connectivity index (χ3v) is 9.23. The number of carboxylic acids is 1. The molecule has 0 saturated carbocycles. The second-order valence-electron chi connectivity index (χ2n) is 11.3. The van der Waals surface area contributed by atoms with E-state index in [-0.39, 0.29) is 38.5 Å². The number of carboxylic acid groups (broad SMARTS) is 1. The molecule has 4 aromatic rings. The summed E-state index contributed by atoms with van der Waals surface area (Å²) in [6.07, 6.45) is 1.91. The largest absolute Gasteiger partial charge is 0.477 e. The molecule has 3 heterocycles. The molecule has 0 spiro atoms. The summed E-state index contributed by atoms with van der Waals surface area (Å²) in [5.74, 6) is -1.12. The van der Waals surface area contributed by atoms with Crippen molar-refractivity contribution >= 4 is 34.8 Å². The van der Waals surface area contributed by atoms with Crippen molar-refractivity contribution in [2.45, 2.75) is 47.0 Å². The molecule has 0 aliphatic carbocycles. The number of piperazine rings is 1. The lowest BCUT2D eigenvalue weighted by atomic mass is 9.97. The number of aromatic nitrogens is 2. The summed E-state index contributed by atoms with van der Waals surface area (Å²) in [4.78, 5) is 48.0. The standard InChI is InChI=1S/C34H37ClN4O4S/c1-5-21-8-7-9-22(6-2)29(21)39-27(18-20(3)4)25(32(40)38-16-14-36-15-17-38)19-26(33(39)41)31-37-28(30(44-31)34(42)43)23-10-12-24(35)13-11-23/h7-13,19-20,36H,5-6,14-18H2,1-4H3,(H,42,43). The molecule has 1 amide bonds. The molecule has 8 nitrogen and oxygen atoms in total. The van der Waals surface area contributed by atoms with Crippen LogP contribution in [0.4, 0.5) is 0 Å². The molecular weight excluding hydrogens is 596 g/mol. The zero-order valence-electron chi connectivity index (χ0n) is 25.4. The summed E-state index contributed by atoms with van der Waals surface area (Å²) in [5.41, 5.74) is 4.63. The highest BCUT2D eigenvalue weighted by molar-refractivity contribution is 7.17. The van der Waals surface area contributed by atoms with Crippen LogP contribution in [0.2, 0.25) is 5.02 Å².